The Hall–Kier alpha value is -0.760. The van der Waals surface area contributed by atoms with E-state index >= 15 is 0 Å². The van der Waals surface area contributed by atoms with Gasteiger partial charge in [0.1, 0.15) is 0 Å². The van der Waals surface area contributed by atoms with Gasteiger partial charge in [-0.3, -0.25) is 4.79 Å². The van der Waals surface area contributed by atoms with Gasteiger partial charge >= 0.3 is 0 Å². The molecule has 10 heavy (non-hydrogen) atoms. The summed E-state index contributed by atoms with van der Waals surface area (Å²) in [6.45, 7) is 1.71. The molecule has 0 aliphatic heterocycles. The fraction of sp³-hybridized carbons (Fsp3) is 0.286. The molecule has 2 nitrogen and oxygen atoms in total. The minimum absolute atomic E-state index is 0.0347. The number of rotatable bonds is 0. The molecule has 1 aromatic rings. The zero-order valence-electron chi connectivity index (χ0n) is 5.89. The third-order valence-electron chi connectivity index (χ3n) is 1.44. The molecule has 0 N–H and O–H groups in total. The van der Waals surface area contributed by atoms with Crippen molar-refractivity contribution in [1.82, 2.24) is 4.57 Å². The molecule has 0 atom stereocenters. The Morgan fingerprint density at radius 1 is 1.60 bits per heavy atom. The Kier molecular flexibility index (Phi) is 1.81. The number of aryl methyl sites for hydroxylation is 1. The van der Waals surface area contributed by atoms with Crippen LogP contribution in [0.5, 0.6) is 0 Å². The van der Waals surface area contributed by atoms with Crippen molar-refractivity contribution >= 4 is 11.6 Å². The predicted octanol–water partition coefficient (Wildman–Crippen LogP) is 1.35. The van der Waals surface area contributed by atoms with Gasteiger partial charge in [0.25, 0.3) is 5.56 Å². The zero-order chi connectivity index (χ0) is 7.72. The van der Waals surface area contributed by atoms with E-state index in [0.717, 1.165) is 0 Å². The highest BCUT2D eigenvalue weighted by molar-refractivity contribution is 6.31. The van der Waals surface area contributed by atoms with Gasteiger partial charge in [0.2, 0.25) is 0 Å². The first-order valence-electron chi connectivity index (χ1n) is 2.94. The number of aromatic nitrogens is 1. The van der Waals surface area contributed by atoms with Crippen LogP contribution in [0.1, 0.15) is 5.56 Å². The maximum absolute atomic E-state index is 11.1. The Bertz CT molecular complexity index is 303. The number of nitrogens with zero attached hydrogens (tertiary/aromatic N) is 1. The third kappa shape index (κ3) is 1.07. The van der Waals surface area contributed by atoms with Gasteiger partial charge in [-0.05, 0) is 13.0 Å². The Morgan fingerprint density at radius 2 is 2.20 bits per heavy atom. The van der Waals surface area contributed by atoms with Crippen LogP contribution in [0.2, 0.25) is 5.02 Å². The van der Waals surface area contributed by atoms with Gasteiger partial charge in [0.15, 0.2) is 0 Å². The molecule has 1 heterocycles. The van der Waals surface area contributed by atoms with E-state index in [0.29, 0.717) is 10.6 Å². The molecule has 0 bridgehead atoms. The molecule has 0 fully saturated rings. The lowest BCUT2D eigenvalue weighted by atomic mass is 10.3. The summed E-state index contributed by atoms with van der Waals surface area (Å²) in [4.78, 5) is 11.1. The highest BCUT2D eigenvalue weighted by Gasteiger charge is 1.98. The molecule has 0 radical (unpaired) electrons. The first-order chi connectivity index (χ1) is 4.63. The number of hydrogen-bond donors (Lipinski definition) is 0. The Morgan fingerprint density at radius 3 is 2.70 bits per heavy atom. The summed E-state index contributed by atoms with van der Waals surface area (Å²) < 4.78 is 1.50. The van der Waals surface area contributed by atoms with E-state index < -0.39 is 0 Å². The quantitative estimate of drug-likeness (QED) is 0.557. The van der Waals surface area contributed by atoms with Crippen molar-refractivity contribution in [2.24, 2.45) is 7.05 Å². The summed E-state index contributed by atoms with van der Waals surface area (Å²) in [7, 11) is 1.70. The summed E-state index contributed by atoms with van der Waals surface area (Å²) in [5, 5.41) is 0.531. The van der Waals surface area contributed by atoms with Crippen LogP contribution in [0, 0.1) is 6.92 Å². The molecule has 0 saturated carbocycles. The number of halogens is 1. The van der Waals surface area contributed by atoms with Gasteiger partial charge in [0.05, 0.1) is 5.02 Å². The van der Waals surface area contributed by atoms with E-state index in [-0.39, 0.29) is 5.56 Å². The van der Waals surface area contributed by atoms with E-state index in [1.54, 1.807) is 26.2 Å². The van der Waals surface area contributed by atoms with Crippen LogP contribution in [0.15, 0.2) is 17.1 Å². The molecule has 3 heteroatoms. The van der Waals surface area contributed by atoms with E-state index in [1.807, 2.05) is 0 Å². The summed E-state index contributed by atoms with van der Waals surface area (Å²) in [5.41, 5.74) is 0.569. The van der Waals surface area contributed by atoms with E-state index in [1.165, 1.54) is 4.57 Å². The van der Waals surface area contributed by atoms with Crippen LogP contribution in [-0.4, -0.2) is 4.57 Å². The number of hydrogen-bond acceptors (Lipinski definition) is 1. The maximum Gasteiger partial charge on any atom is 0.254 e. The van der Waals surface area contributed by atoms with Gasteiger partial charge in [-0.15, -0.1) is 0 Å². The van der Waals surface area contributed by atoms with Gasteiger partial charge in [-0.25, -0.2) is 0 Å². The van der Waals surface area contributed by atoms with Gasteiger partial charge in [-0.2, -0.15) is 0 Å². The van der Waals surface area contributed by atoms with Crippen LogP contribution in [0.25, 0.3) is 0 Å². The monoisotopic (exact) mass is 157 g/mol. The van der Waals surface area contributed by atoms with Crippen molar-refractivity contribution in [3.63, 3.8) is 0 Å². The SMILES string of the molecule is Cc1c(Cl)ccn(C)c1=O. The molecular weight excluding hydrogens is 150 g/mol. The van der Waals surface area contributed by atoms with Crippen LogP contribution in [0.4, 0.5) is 0 Å². The Balaban J connectivity index is 3.50. The molecule has 0 saturated heterocycles. The van der Waals surface area contributed by atoms with E-state index in [9.17, 15) is 4.79 Å². The summed E-state index contributed by atoms with van der Waals surface area (Å²) in [6.07, 6.45) is 1.65. The predicted molar refractivity (Wildman–Crippen MR) is 41.4 cm³/mol. The van der Waals surface area contributed by atoms with Gasteiger partial charge in [-0.1, -0.05) is 11.6 Å². The standard InChI is InChI=1S/C7H8ClNO/c1-5-6(8)3-4-9(2)7(5)10/h3-4H,1-2H3. The summed E-state index contributed by atoms with van der Waals surface area (Å²) in [6, 6.07) is 1.71. The van der Waals surface area contributed by atoms with E-state index in [2.05, 4.69) is 0 Å². The van der Waals surface area contributed by atoms with Crippen LogP contribution in [0.3, 0.4) is 0 Å². The second kappa shape index (κ2) is 2.46. The smallest absolute Gasteiger partial charge is 0.254 e. The lowest BCUT2D eigenvalue weighted by Gasteiger charge is -1.98. The van der Waals surface area contributed by atoms with Crippen molar-refractivity contribution in [1.29, 1.82) is 0 Å². The molecular formula is C7H8ClNO. The lowest BCUT2D eigenvalue weighted by molar-refractivity contribution is 0.849. The molecule has 1 aromatic heterocycles. The van der Waals surface area contributed by atoms with Crippen molar-refractivity contribution in [2.45, 2.75) is 6.92 Å². The lowest BCUT2D eigenvalue weighted by Crippen LogP contribution is -2.18. The van der Waals surface area contributed by atoms with Crippen LogP contribution >= 0.6 is 11.6 Å². The van der Waals surface area contributed by atoms with Crippen molar-refractivity contribution in [3.05, 3.63) is 33.2 Å². The molecule has 0 aliphatic carbocycles. The van der Waals surface area contributed by atoms with Gasteiger partial charge in [0, 0.05) is 18.8 Å². The molecule has 0 aromatic carbocycles. The average molecular weight is 158 g/mol. The van der Waals surface area contributed by atoms with Crippen LogP contribution < -0.4 is 5.56 Å². The zero-order valence-corrected chi connectivity index (χ0v) is 6.64. The average Bonchev–Trinajstić information content (AvgIpc) is 1.93. The molecule has 0 unspecified atom stereocenters. The molecule has 54 valence electrons. The normalized spacial score (nSPS) is 9.90. The highest BCUT2D eigenvalue weighted by atomic mass is 35.5. The fourth-order valence-corrected chi connectivity index (χ4v) is 0.874. The first-order valence-corrected chi connectivity index (χ1v) is 3.32. The Labute approximate surface area is 64.1 Å². The molecule has 0 aliphatic rings. The second-order valence-electron chi connectivity index (χ2n) is 2.20. The second-order valence-corrected chi connectivity index (χ2v) is 2.61. The largest absolute Gasteiger partial charge is 0.318 e. The van der Waals surface area contributed by atoms with Gasteiger partial charge < -0.3 is 4.57 Å². The van der Waals surface area contributed by atoms with Crippen molar-refractivity contribution < 1.29 is 0 Å². The van der Waals surface area contributed by atoms with Crippen molar-refractivity contribution in [3.8, 4) is 0 Å². The topological polar surface area (TPSA) is 22.0 Å². The fourth-order valence-electron chi connectivity index (χ4n) is 0.737. The van der Waals surface area contributed by atoms with Crippen LogP contribution in [-0.2, 0) is 7.05 Å². The third-order valence-corrected chi connectivity index (χ3v) is 1.85. The molecule has 0 amide bonds. The minimum Gasteiger partial charge on any atom is -0.318 e. The molecule has 1 rings (SSSR count). The first kappa shape index (κ1) is 7.35. The minimum atomic E-state index is -0.0347. The summed E-state index contributed by atoms with van der Waals surface area (Å²) >= 11 is 5.67. The summed E-state index contributed by atoms with van der Waals surface area (Å²) in [5.74, 6) is 0. The van der Waals surface area contributed by atoms with E-state index in [4.69, 9.17) is 11.6 Å². The van der Waals surface area contributed by atoms with Crippen molar-refractivity contribution in [2.75, 3.05) is 0 Å². The number of pyridine rings is 1. The maximum atomic E-state index is 11.1. The highest BCUT2D eigenvalue weighted by Crippen LogP contribution is 2.07. The molecule has 0 spiro atoms.